The summed E-state index contributed by atoms with van der Waals surface area (Å²) in [6.07, 6.45) is 0. The second kappa shape index (κ2) is 9.74. The Kier molecular flexibility index (Phi) is 7.55. The van der Waals surface area contributed by atoms with E-state index in [0.717, 1.165) is 24.0 Å². The van der Waals surface area contributed by atoms with Gasteiger partial charge in [0.1, 0.15) is 0 Å². The van der Waals surface area contributed by atoms with Crippen molar-refractivity contribution in [2.75, 3.05) is 26.3 Å². The summed E-state index contributed by atoms with van der Waals surface area (Å²) in [4.78, 5) is 7.19. The molecule has 2 aromatic rings. The Morgan fingerprint density at radius 2 is 1.55 bits per heavy atom. The lowest BCUT2D eigenvalue weighted by Gasteiger charge is -2.30. The van der Waals surface area contributed by atoms with Crippen LogP contribution in [0.1, 0.15) is 33.4 Å². The zero-order valence-corrected chi connectivity index (χ0v) is 20.1. The maximum absolute atomic E-state index is 6.39. The highest BCUT2D eigenvalue weighted by molar-refractivity contribution is 8.13. The molecule has 3 rings (SSSR count). The molecule has 0 spiro atoms. The molecule has 29 heavy (non-hydrogen) atoms. The maximum atomic E-state index is 6.39. The summed E-state index contributed by atoms with van der Waals surface area (Å²) in [5.41, 5.74) is 9.01. The van der Waals surface area contributed by atoms with E-state index in [2.05, 4.69) is 39.5 Å². The average molecular weight is 451 g/mol. The first-order chi connectivity index (χ1) is 13.8. The van der Waals surface area contributed by atoms with Gasteiger partial charge in [-0.25, -0.2) is 4.99 Å². The number of halogens is 2. The van der Waals surface area contributed by atoms with E-state index in [9.17, 15) is 0 Å². The van der Waals surface area contributed by atoms with Gasteiger partial charge < -0.3 is 9.64 Å². The molecule has 0 aliphatic carbocycles. The van der Waals surface area contributed by atoms with E-state index in [1.165, 1.54) is 33.4 Å². The summed E-state index contributed by atoms with van der Waals surface area (Å²) in [5, 5.41) is 2.21. The lowest BCUT2D eigenvalue weighted by Crippen LogP contribution is -2.39. The Balaban J connectivity index is 1.95. The van der Waals surface area contributed by atoms with Gasteiger partial charge >= 0.3 is 0 Å². The van der Waals surface area contributed by atoms with Crippen LogP contribution < -0.4 is 0 Å². The van der Waals surface area contributed by atoms with Crippen LogP contribution in [-0.2, 0) is 10.5 Å². The van der Waals surface area contributed by atoms with Gasteiger partial charge in [0.05, 0.1) is 23.9 Å². The summed E-state index contributed by atoms with van der Waals surface area (Å²) in [7, 11) is 0. The van der Waals surface area contributed by atoms with Crippen LogP contribution in [0.15, 0.2) is 23.2 Å². The maximum Gasteiger partial charge on any atom is 0.164 e. The molecule has 3 nitrogen and oxygen atoms in total. The second-order valence-corrected chi connectivity index (χ2v) is 9.27. The van der Waals surface area contributed by atoms with Crippen LogP contribution >= 0.6 is 35.0 Å². The largest absolute Gasteiger partial charge is 0.378 e. The lowest BCUT2D eigenvalue weighted by molar-refractivity contribution is 0.0693. The minimum atomic E-state index is 0.607. The van der Waals surface area contributed by atoms with Crippen LogP contribution in [0.4, 0.5) is 5.69 Å². The van der Waals surface area contributed by atoms with Crippen LogP contribution in [0.2, 0.25) is 10.0 Å². The molecule has 0 bridgehead atoms. The molecule has 0 radical (unpaired) electrons. The summed E-state index contributed by atoms with van der Waals surface area (Å²) < 4.78 is 5.54. The van der Waals surface area contributed by atoms with Crippen LogP contribution in [0.5, 0.6) is 0 Å². The molecule has 1 heterocycles. The molecule has 1 fully saturated rings. The highest BCUT2D eigenvalue weighted by Crippen LogP contribution is 2.33. The van der Waals surface area contributed by atoms with Gasteiger partial charge in [0, 0.05) is 23.9 Å². The van der Waals surface area contributed by atoms with Gasteiger partial charge in [0.15, 0.2) is 5.17 Å². The van der Waals surface area contributed by atoms with Gasteiger partial charge in [-0.1, -0.05) is 35.0 Å². The number of ether oxygens (including phenoxy) is 1. The van der Waals surface area contributed by atoms with Crippen molar-refractivity contribution in [1.29, 1.82) is 0 Å². The molecule has 0 aromatic heterocycles. The van der Waals surface area contributed by atoms with Crippen molar-refractivity contribution in [2.24, 2.45) is 4.99 Å². The van der Waals surface area contributed by atoms with Crippen molar-refractivity contribution in [1.82, 2.24) is 4.90 Å². The molecule has 156 valence electrons. The first kappa shape index (κ1) is 22.5. The van der Waals surface area contributed by atoms with E-state index in [1.54, 1.807) is 23.9 Å². The SMILES string of the molecule is Cc1c(C)c(C)c(CSC(=Nc2cc(Cl)ccc2Cl)N2CCOCC2)c(C)c1C. The molecule has 6 heteroatoms. The first-order valence-corrected chi connectivity index (χ1v) is 11.6. The monoisotopic (exact) mass is 450 g/mol. The van der Waals surface area contributed by atoms with Crippen molar-refractivity contribution in [3.63, 3.8) is 0 Å². The predicted octanol–water partition coefficient (Wildman–Crippen LogP) is 6.79. The topological polar surface area (TPSA) is 24.8 Å². The average Bonchev–Trinajstić information content (AvgIpc) is 2.73. The van der Waals surface area contributed by atoms with E-state index < -0.39 is 0 Å². The van der Waals surface area contributed by atoms with Crippen LogP contribution in [-0.4, -0.2) is 36.4 Å². The molecule has 1 saturated heterocycles. The Labute approximate surface area is 188 Å². The van der Waals surface area contributed by atoms with Crippen molar-refractivity contribution >= 4 is 45.8 Å². The molecule has 0 amide bonds. The summed E-state index contributed by atoms with van der Waals surface area (Å²) >= 11 is 14.3. The minimum absolute atomic E-state index is 0.607. The molecule has 1 aliphatic rings. The highest BCUT2D eigenvalue weighted by Gasteiger charge is 2.19. The lowest BCUT2D eigenvalue weighted by atomic mass is 9.90. The second-order valence-electron chi connectivity index (χ2n) is 7.48. The molecule has 0 unspecified atom stereocenters. The standard InChI is InChI=1S/C23H28Cl2N2OS/c1-14-15(2)17(4)20(18(5)16(14)3)13-29-23(27-8-10-28-11-9-27)26-22-12-19(24)6-7-21(22)25/h6-7,12H,8-11,13H2,1-5H3. The van der Waals surface area contributed by atoms with Crippen LogP contribution in [0.3, 0.4) is 0 Å². The summed E-state index contributed by atoms with van der Waals surface area (Å²) in [6, 6.07) is 5.40. The van der Waals surface area contributed by atoms with Crippen LogP contribution in [0, 0.1) is 34.6 Å². The predicted molar refractivity (Wildman–Crippen MR) is 127 cm³/mol. The van der Waals surface area contributed by atoms with Gasteiger partial charge in [0.2, 0.25) is 0 Å². The number of rotatable bonds is 3. The minimum Gasteiger partial charge on any atom is -0.378 e. The van der Waals surface area contributed by atoms with Crippen molar-refractivity contribution in [3.05, 3.63) is 61.6 Å². The zero-order chi connectivity index (χ0) is 21.1. The normalized spacial score (nSPS) is 15.1. The molecule has 1 aliphatic heterocycles. The molecular weight excluding hydrogens is 423 g/mol. The number of nitrogens with zero attached hydrogens (tertiary/aromatic N) is 2. The van der Waals surface area contributed by atoms with E-state index in [-0.39, 0.29) is 0 Å². The third kappa shape index (κ3) is 5.11. The fraction of sp³-hybridized carbons (Fsp3) is 0.435. The Morgan fingerprint density at radius 1 is 0.966 bits per heavy atom. The number of morpholine rings is 1. The van der Waals surface area contributed by atoms with Gasteiger partial charge in [-0.2, -0.15) is 0 Å². The van der Waals surface area contributed by atoms with Crippen molar-refractivity contribution in [3.8, 4) is 0 Å². The molecule has 2 aromatic carbocycles. The Bertz CT molecular complexity index is 908. The van der Waals surface area contributed by atoms with Crippen LogP contribution in [0.25, 0.3) is 0 Å². The molecule has 0 saturated carbocycles. The van der Waals surface area contributed by atoms with Gasteiger partial charge in [-0.3, -0.25) is 0 Å². The van der Waals surface area contributed by atoms with E-state index in [4.69, 9.17) is 32.9 Å². The van der Waals surface area contributed by atoms with Gasteiger partial charge in [-0.15, -0.1) is 0 Å². The number of benzene rings is 2. The zero-order valence-electron chi connectivity index (χ0n) is 17.7. The van der Waals surface area contributed by atoms with E-state index in [0.29, 0.717) is 28.9 Å². The number of hydrogen-bond donors (Lipinski definition) is 0. The van der Waals surface area contributed by atoms with Crippen molar-refractivity contribution in [2.45, 2.75) is 40.4 Å². The summed E-state index contributed by atoms with van der Waals surface area (Å²) in [6.45, 7) is 14.2. The molecular formula is C23H28Cl2N2OS. The molecule has 0 atom stereocenters. The fourth-order valence-electron chi connectivity index (χ4n) is 3.55. The number of thioether (sulfide) groups is 1. The number of hydrogen-bond acceptors (Lipinski definition) is 3. The number of aliphatic imine (C=N–C) groups is 1. The third-order valence-electron chi connectivity index (χ3n) is 5.91. The van der Waals surface area contributed by atoms with Gasteiger partial charge in [0.25, 0.3) is 0 Å². The molecule has 0 N–H and O–H groups in total. The highest BCUT2D eigenvalue weighted by atomic mass is 35.5. The van der Waals surface area contributed by atoms with E-state index >= 15 is 0 Å². The van der Waals surface area contributed by atoms with Crippen molar-refractivity contribution < 1.29 is 4.74 Å². The fourth-order valence-corrected chi connectivity index (χ4v) is 5.11. The summed E-state index contributed by atoms with van der Waals surface area (Å²) in [5.74, 6) is 0.869. The third-order valence-corrected chi connectivity index (χ3v) is 7.50. The number of amidine groups is 1. The quantitative estimate of drug-likeness (QED) is 0.380. The smallest absolute Gasteiger partial charge is 0.164 e. The Morgan fingerprint density at radius 3 is 2.17 bits per heavy atom. The Hall–Kier alpha value is -1.20. The first-order valence-electron chi connectivity index (χ1n) is 9.84. The van der Waals surface area contributed by atoms with Gasteiger partial charge in [-0.05, 0) is 86.2 Å². The van der Waals surface area contributed by atoms with E-state index in [1.807, 2.05) is 6.07 Å².